The number of rotatable bonds is 7. The van der Waals surface area contributed by atoms with Crippen LogP contribution in [0.2, 0.25) is 0 Å². The fourth-order valence-electron chi connectivity index (χ4n) is 2.90. The summed E-state index contributed by atoms with van der Waals surface area (Å²) in [6.07, 6.45) is 0.596. The highest BCUT2D eigenvalue weighted by Gasteiger charge is 2.17. The molecule has 0 saturated heterocycles. The van der Waals surface area contributed by atoms with Crippen LogP contribution in [-0.4, -0.2) is 29.0 Å². The van der Waals surface area contributed by atoms with Crippen LogP contribution in [0, 0.1) is 11.7 Å². The lowest BCUT2D eigenvalue weighted by atomic mass is 10.1. The SMILES string of the molecule is CC(C)Cc1nc2cc(NS(=O)(=O)c3ccc(F)cc3)ccc2n1CC(=O)O. The number of halogens is 1. The van der Waals surface area contributed by atoms with Gasteiger partial charge in [0.2, 0.25) is 0 Å². The standard InChI is InChI=1S/C19H20FN3O4S/c1-12(2)9-18-21-16-10-14(5-8-17(16)23(18)11-19(24)25)22-28(26,27)15-6-3-13(20)4-7-15/h3-8,10,12,22H,9,11H2,1-2H3,(H,24,25). The number of aromatic nitrogens is 2. The first-order valence-electron chi connectivity index (χ1n) is 8.65. The van der Waals surface area contributed by atoms with E-state index in [1.54, 1.807) is 22.8 Å². The topological polar surface area (TPSA) is 101 Å². The number of carbonyl (C=O) groups is 1. The van der Waals surface area contributed by atoms with Crippen LogP contribution >= 0.6 is 0 Å². The minimum Gasteiger partial charge on any atom is -0.480 e. The monoisotopic (exact) mass is 405 g/mol. The van der Waals surface area contributed by atoms with Crippen molar-refractivity contribution in [2.75, 3.05) is 4.72 Å². The third kappa shape index (κ3) is 4.30. The van der Waals surface area contributed by atoms with Crippen molar-refractivity contribution < 1.29 is 22.7 Å². The zero-order chi connectivity index (χ0) is 20.5. The highest BCUT2D eigenvalue weighted by Crippen LogP contribution is 2.24. The van der Waals surface area contributed by atoms with Crippen molar-refractivity contribution in [3.05, 3.63) is 54.1 Å². The van der Waals surface area contributed by atoms with E-state index in [0.29, 0.717) is 23.3 Å². The number of aliphatic carboxylic acids is 1. The van der Waals surface area contributed by atoms with E-state index in [0.717, 1.165) is 12.1 Å². The zero-order valence-electron chi connectivity index (χ0n) is 15.4. The van der Waals surface area contributed by atoms with Crippen molar-refractivity contribution in [2.24, 2.45) is 5.92 Å². The van der Waals surface area contributed by atoms with Crippen LogP contribution in [0.15, 0.2) is 47.4 Å². The maximum atomic E-state index is 13.0. The summed E-state index contributed by atoms with van der Waals surface area (Å²) in [4.78, 5) is 15.6. The van der Waals surface area contributed by atoms with Gasteiger partial charge in [-0.2, -0.15) is 0 Å². The second-order valence-electron chi connectivity index (χ2n) is 6.87. The molecule has 2 aromatic carbocycles. The normalized spacial score (nSPS) is 11.9. The van der Waals surface area contributed by atoms with Gasteiger partial charge in [0.15, 0.2) is 0 Å². The number of hydrogen-bond acceptors (Lipinski definition) is 4. The number of benzene rings is 2. The third-order valence-corrected chi connectivity index (χ3v) is 5.48. The van der Waals surface area contributed by atoms with Gasteiger partial charge in [0.25, 0.3) is 10.0 Å². The second kappa shape index (κ2) is 7.59. The minimum atomic E-state index is -3.89. The van der Waals surface area contributed by atoms with Crippen molar-refractivity contribution in [3.63, 3.8) is 0 Å². The van der Waals surface area contributed by atoms with Gasteiger partial charge in [-0.1, -0.05) is 13.8 Å². The lowest BCUT2D eigenvalue weighted by Gasteiger charge is -2.09. The number of nitrogens with zero attached hydrogens (tertiary/aromatic N) is 2. The molecule has 28 heavy (non-hydrogen) atoms. The van der Waals surface area contributed by atoms with Crippen LogP contribution in [0.3, 0.4) is 0 Å². The first kappa shape index (κ1) is 19.8. The number of nitrogens with one attached hydrogen (secondary N) is 1. The lowest BCUT2D eigenvalue weighted by molar-refractivity contribution is -0.137. The summed E-state index contributed by atoms with van der Waals surface area (Å²) >= 11 is 0. The van der Waals surface area contributed by atoms with Gasteiger partial charge < -0.3 is 9.67 Å². The summed E-state index contributed by atoms with van der Waals surface area (Å²) in [5.74, 6) is -0.598. The van der Waals surface area contributed by atoms with Crippen molar-refractivity contribution in [3.8, 4) is 0 Å². The molecule has 0 aliphatic heterocycles. The first-order chi connectivity index (χ1) is 13.2. The molecule has 0 amide bonds. The van der Waals surface area contributed by atoms with E-state index in [1.807, 2.05) is 13.8 Å². The predicted octanol–water partition coefficient (Wildman–Crippen LogP) is 3.26. The largest absolute Gasteiger partial charge is 0.480 e. The number of anilines is 1. The molecule has 0 atom stereocenters. The molecule has 3 rings (SSSR count). The summed E-state index contributed by atoms with van der Waals surface area (Å²) in [6, 6.07) is 9.24. The molecule has 0 unspecified atom stereocenters. The predicted molar refractivity (Wildman–Crippen MR) is 103 cm³/mol. The van der Waals surface area contributed by atoms with Gasteiger partial charge >= 0.3 is 5.97 Å². The van der Waals surface area contributed by atoms with Crippen LogP contribution < -0.4 is 4.72 Å². The van der Waals surface area contributed by atoms with Crippen LogP contribution in [0.25, 0.3) is 11.0 Å². The van der Waals surface area contributed by atoms with Crippen molar-refractivity contribution in [1.82, 2.24) is 9.55 Å². The number of fused-ring (bicyclic) bond motifs is 1. The van der Waals surface area contributed by atoms with Crippen LogP contribution in [0.5, 0.6) is 0 Å². The smallest absolute Gasteiger partial charge is 0.323 e. The van der Waals surface area contributed by atoms with Crippen LogP contribution in [0.1, 0.15) is 19.7 Å². The second-order valence-corrected chi connectivity index (χ2v) is 8.55. The van der Waals surface area contributed by atoms with E-state index < -0.39 is 21.8 Å². The Labute approximate surface area is 161 Å². The van der Waals surface area contributed by atoms with Crippen LogP contribution in [-0.2, 0) is 27.8 Å². The van der Waals surface area contributed by atoms with Crippen molar-refractivity contribution >= 4 is 32.7 Å². The molecule has 0 saturated carbocycles. The molecule has 0 radical (unpaired) electrons. The van der Waals surface area contributed by atoms with Gasteiger partial charge in [-0.25, -0.2) is 17.8 Å². The number of sulfonamides is 1. The summed E-state index contributed by atoms with van der Waals surface area (Å²) in [6.45, 7) is 3.79. The maximum Gasteiger partial charge on any atom is 0.323 e. The summed E-state index contributed by atoms with van der Waals surface area (Å²) in [5, 5.41) is 9.19. The van der Waals surface area contributed by atoms with E-state index in [-0.39, 0.29) is 23.0 Å². The van der Waals surface area contributed by atoms with Gasteiger partial charge in [-0.3, -0.25) is 9.52 Å². The van der Waals surface area contributed by atoms with Gasteiger partial charge in [-0.05, 0) is 48.4 Å². The van der Waals surface area contributed by atoms with Gasteiger partial charge in [0.05, 0.1) is 21.6 Å². The number of carboxylic acids is 1. The molecule has 7 nitrogen and oxygen atoms in total. The number of carboxylic acid groups (broad SMARTS) is 1. The molecular weight excluding hydrogens is 385 g/mol. The summed E-state index contributed by atoms with van der Waals surface area (Å²) in [5.41, 5.74) is 1.40. The molecule has 9 heteroatoms. The molecule has 1 aromatic heterocycles. The minimum absolute atomic E-state index is 0.0640. The summed E-state index contributed by atoms with van der Waals surface area (Å²) in [7, 11) is -3.89. The van der Waals surface area contributed by atoms with E-state index in [1.165, 1.54) is 12.1 Å². The van der Waals surface area contributed by atoms with E-state index >= 15 is 0 Å². The molecule has 0 aliphatic rings. The molecule has 0 fully saturated rings. The Morgan fingerprint density at radius 1 is 1.21 bits per heavy atom. The fourth-order valence-corrected chi connectivity index (χ4v) is 3.95. The molecule has 3 aromatic rings. The molecule has 0 aliphatic carbocycles. The Bertz CT molecular complexity index is 1120. The fraction of sp³-hybridized carbons (Fsp3) is 0.263. The Morgan fingerprint density at radius 3 is 2.50 bits per heavy atom. The highest BCUT2D eigenvalue weighted by atomic mass is 32.2. The number of imidazole rings is 1. The molecular formula is C19H20FN3O4S. The zero-order valence-corrected chi connectivity index (χ0v) is 16.2. The quantitative estimate of drug-likeness (QED) is 0.628. The van der Waals surface area contributed by atoms with E-state index in [9.17, 15) is 22.7 Å². The Balaban J connectivity index is 1.97. The Hall–Kier alpha value is -2.94. The van der Waals surface area contributed by atoms with Crippen molar-refractivity contribution in [2.45, 2.75) is 31.7 Å². The average molecular weight is 405 g/mol. The van der Waals surface area contributed by atoms with Crippen molar-refractivity contribution in [1.29, 1.82) is 0 Å². The van der Waals surface area contributed by atoms with E-state index in [2.05, 4.69) is 9.71 Å². The van der Waals surface area contributed by atoms with Gasteiger partial charge in [0.1, 0.15) is 18.2 Å². The van der Waals surface area contributed by atoms with Gasteiger partial charge in [0, 0.05) is 6.42 Å². The number of hydrogen-bond donors (Lipinski definition) is 2. The third-order valence-electron chi connectivity index (χ3n) is 4.09. The lowest BCUT2D eigenvalue weighted by Crippen LogP contribution is -2.13. The molecule has 1 heterocycles. The molecule has 148 valence electrons. The maximum absolute atomic E-state index is 13.0. The Morgan fingerprint density at radius 2 is 1.89 bits per heavy atom. The molecule has 0 bridgehead atoms. The first-order valence-corrected chi connectivity index (χ1v) is 10.1. The van der Waals surface area contributed by atoms with Gasteiger partial charge in [-0.15, -0.1) is 0 Å². The molecule has 2 N–H and O–H groups in total. The molecule has 0 spiro atoms. The average Bonchev–Trinajstić information content (AvgIpc) is 2.90. The summed E-state index contributed by atoms with van der Waals surface area (Å²) < 4.78 is 42.0. The highest BCUT2D eigenvalue weighted by molar-refractivity contribution is 7.92. The van der Waals surface area contributed by atoms with E-state index in [4.69, 9.17) is 0 Å². The van der Waals surface area contributed by atoms with Crippen LogP contribution in [0.4, 0.5) is 10.1 Å². The Kier molecular flexibility index (Phi) is 5.37.